The number of carbonyl (C=O) groups excluding carboxylic acids is 3. The Bertz CT molecular complexity index is 1450. The highest BCUT2D eigenvalue weighted by Gasteiger charge is 2.43. The van der Waals surface area contributed by atoms with E-state index in [0.29, 0.717) is 6.42 Å². The van der Waals surface area contributed by atoms with E-state index in [9.17, 15) is 38.8 Å². The van der Waals surface area contributed by atoms with Crippen molar-refractivity contribution in [1.29, 1.82) is 0 Å². The van der Waals surface area contributed by atoms with Crippen LogP contribution in [0.4, 0.5) is 10.1 Å². The van der Waals surface area contributed by atoms with E-state index in [1.165, 1.54) is 40.1 Å². The van der Waals surface area contributed by atoms with E-state index < -0.39 is 53.1 Å². The molecule has 0 radical (unpaired) electrons. The number of nitrogens with zero attached hydrogens (tertiary/aromatic N) is 3. The van der Waals surface area contributed by atoms with Crippen LogP contribution in [0.3, 0.4) is 0 Å². The fraction of sp³-hybridized carbons (Fsp3) is 0.241. The van der Waals surface area contributed by atoms with Crippen LogP contribution in [0, 0.1) is 15.9 Å². The third kappa shape index (κ3) is 7.10. The third-order valence-electron chi connectivity index (χ3n) is 6.73. The summed E-state index contributed by atoms with van der Waals surface area (Å²) in [6.45, 7) is 0.0465. The minimum Gasteiger partial charge on any atom is -0.481 e. The van der Waals surface area contributed by atoms with Crippen molar-refractivity contribution in [2.45, 2.75) is 31.5 Å². The quantitative estimate of drug-likeness (QED) is 0.284. The molecule has 0 saturated carbocycles. The number of hydrogen-bond donors (Lipinski definition) is 2. The summed E-state index contributed by atoms with van der Waals surface area (Å²) < 4.78 is 13.5. The van der Waals surface area contributed by atoms with E-state index >= 15 is 0 Å². The van der Waals surface area contributed by atoms with Crippen molar-refractivity contribution in [2.75, 3.05) is 13.1 Å². The molecule has 1 fully saturated rings. The van der Waals surface area contributed by atoms with Crippen molar-refractivity contribution < 1.29 is 33.6 Å². The first-order valence-electron chi connectivity index (χ1n) is 12.8. The van der Waals surface area contributed by atoms with Crippen molar-refractivity contribution in [1.82, 2.24) is 15.1 Å². The minimum atomic E-state index is -1.43. The van der Waals surface area contributed by atoms with E-state index in [1.54, 1.807) is 0 Å². The first-order valence-corrected chi connectivity index (χ1v) is 12.8. The lowest BCUT2D eigenvalue weighted by Gasteiger charge is -2.31. The summed E-state index contributed by atoms with van der Waals surface area (Å²) in [6.07, 6.45) is -1.58. The zero-order chi connectivity index (χ0) is 29.5. The maximum Gasteiger partial charge on any atom is 0.305 e. The summed E-state index contributed by atoms with van der Waals surface area (Å²) >= 11 is 0. The van der Waals surface area contributed by atoms with Gasteiger partial charge >= 0.3 is 5.97 Å². The summed E-state index contributed by atoms with van der Waals surface area (Å²) in [4.78, 5) is 65.1. The number of carboxylic acids is 1. The molecule has 0 aliphatic carbocycles. The fourth-order valence-electron chi connectivity index (χ4n) is 4.71. The number of nitrogens with one attached hydrogen (secondary N) is 1. The van der Waals surface area contributed by atoms with Crippen LogP contribution in [0.5, 0.6) is 0 Å². The monoisotopic (exact) mass is 562 g/mol. The Hall–Kier alpha value is -5.13. The van der Waals surface area contributed by atoms with Crippen LogP contribution in [0.1, 0.15) is 40.4 Å². The largest absolute Gasteiger partial charge is 0.481 e. The highest BCUT2D eigenvalue weighted by molar-refractivity contribution is 5.99. The Kier molecular flexibility index (Phi) is 9.02. The molecule has 1 saturated heterocycles. The molecule has 3 aromatic carbocycles. The number of carbonyl (C=O) groups is 4. The summed E-state index contributed by atoms with van der Waals surface area (Å²) in [5.41, 5.74) is 0.890. The Morgan fingerprint density at radius 2 is 1.66 bits per heavy atom. The molecule has 3 aromatic rings. The maximum atomic E-state index is 13.7. The van der Waals surface area contributed by atoms with Crippen molar-refractivity contribution in [2.24, 2.45) is 0 Å². The highest BCUT2D eigenvalue weighted by atomic mass is 19.1. The number of aryl methyl sites for hydroxylation is 1. The van der Waals surface area contributed by atoms with Crippen LogP contribution in [0.2, 0.25) is 0 Å². The van der Waals surface area contributed by atoms with E-state index in [-0.39, 0.29) is 36.3 Å². The number of rotatable bonds is 10. The smallest absolute Gasteiger partial charge is 0.305 e. The van der Waals surface area contributed by atoms with Crippen molar-refractivity contribution in [3.63, 3.8) is 0 Å². The second-order valence-electron chi connectivity index (χ2n) is 9.46. The molecule has 1 aliphatic heterocycles. The molecule has 4 rings (SSSR count). The molecule has 212 valence electrons. The molecule has 0 aromatic heterocycles. The van der Waals surface area contributed by atoms with Gasteiger partial charge in [-0.2, -0.15) is 0 Å². The van der Waals surface area contributed by atoms with Crippen LogP contribution >= 0.6 is 0 Å². The first kappa shape index (κ1) is 28.9. The molecular formula is C29H27FN4O7. The maximum absolute atomic E-state index is 13.7. The van der Waals surface area contributed by atoms with Gasteiger partial charge in [-0.05, 0) is 41.8 Å². The molecule has 2 N–H and O–H groups in total. The molecule has 12 heteroatoms. The van der Waals surface area contributed by atoms with E-state index in [2.05, 4.69) is 5.32 Å². The number of halogens is 1. The zero-order valence-electron chi connectivity index (χ0n) is 21.8. The van der Waals surface area contributed by atoms with Crippen LogP contribution in [-0.2, 0) is 20.8 Å². The van der Waals surface area contributed by atoms with Gasteiger partial charge in [0.1, 0.15) is 5.82 Å². The summed E-state index contributed by atoms with van der Waals surface area (Å²) in [7, 11) is 0. The Morgan fingerprint density at radius 3 is 2.32 bits per heavy atom. The van der Waals surface area contributed by atoms with Gasteiger partial charge in [0.05, 0.1) is 17.4 Å². The lowest BCUT2D eigenvalue weighted by Crippen LogP contribution is -2.54. The Morgan fingerprint density at radius 1 is 0.976 bits per heavy atom. The van der Waals surface area contributed by atoms with Crippen molar-refractivity contribution in [3.05, 3.63) is 111 Å². The van der Waals surface area contributed by atoms with Crippen LogP contribution in [-0.4, -0.2) is 62.8 Å². The van der Waals surface area contributed by atoms with E-state index in [0.717, 1.165) is 23.8 Å². The molecule has 1 aliphatic rings. The number of carboxylic acid groups (broad SMARTS) is 1. The third-order valence-corrected chi connectivity index (χ3v) is 6.73. The zero-order valence-corrected chi connectivity index (χ0v) is 21.8. The predicted molar refractivity (Wildman–Crippen MR) is 144 cm³/mol. The second kappa shape index (κ2) is 12.8. The highest BCUT2D eigenvalue weighted by Crippen LogP contribution is 2.25. The van der Waals surface area contributed by atoms with Gasteiger partial charge in [-0.25, -0.2) is 4.39 Å². The Balaban J connectivity index is 1.62. The number of nitro groups is 1. The summed E-state index contributed by atoms with van der Waals surface area (Å²) in [6, 6.07) is 18.0. The van der Waals surface area contributed by atoms with Crippen LogP contribution in [0.15, 0.2) is 78.9 Å². The topological polar surface area (TPSA) is 150 Å². The van der Waals surface area contributed by atoms with Gasteiger partial charge in [0, 0.05) is 37.2 Å². The minimum absolute atomic E-state index is 0.00573. The van der Waals surface area contributed by atoms with Crippen LogP contribution < -0.4 is 5.32 Å². The number of nitro benzene ring substituents is 1. The standard InChI is InChI=1S/C29H27FN4O7/c30-22-12-10-20(11-13-22)29(39)33-16-15-32(25(35)14-9-19-5-2-1-3-6-19)28(33)27(38)31-24(18-26(36)37)21-7-4-8-23(17-21)34(40)41/h1-8,10-13,17,24,28H,9,14-16,18H2,(H,31,38)(H,36,37). The number of non-ortho nitro benzene ring substituents is 1. The number of benzene rings is 3. The molecule has 2 atom stereocenters. The van der Waals surface area contributed by atoms with Gasteiger partial charge in [-0.15, -0.1) is 0 Å². The average molecular weight is 563 g/mol. The van der Waals surface area contributed by atoms with Crippen LogP contribution in [0.25, 0.3) is 0 Å². The van der Waals surface area contributed by atoms with Crippen molar-refractivity contribution >= 4 is 29.4 Å². The fourth-order valence-corrected chi connectivity index (χ4v) is 4.71. The normalized spacial score (nSPS) is 15.3. The lowest BCUT2D eigenvalue weighted by atomic mass is 10.0. The summed E-state index contributed by atoms with van der Waals surface area (Å²) in [5.74, 6) is -3.67. The van der Waals surface area contributed by atoms with Gasteiger partial charge in [0.15, 0.2) is 6.17 Å². The van der Waals surface area contributed by atoms with E-state index in [1.807, 2.05) is 30.3 Å². The number of amides is 3. The molecule has 0 spiro atoms. The second-order valence-corrected chi connectivity index (χ2v) is 9.46. The SMILES string of the molecule is O=C(O)CC(NC(=O)C1N(C(=O)CCc2ccccc2)CCN1C(=O)c1ccc(F)cc1)c1cccc([N+](=O)[O-])c1. The molecule has 11 nitrogen and oxygen atoms in total. The average Bonchev–Trinajstić information content (AvgIpc) is 3.41. The van der Waals surface area contributed by atoms with Gasteiger partial charge in [0.25, 0.3) is 17.5 Å². The Labute approximate surface area is 234 Å². The molecule has 3 amide bonds. The van der Waals surface area contributed by atoms with E-state index in [4.69, 9.17) is 0 Å². The molecule has 41 heavy (non-hydrogen) atoms. The molecule has 1 heterocycles. The first-order chi connectivity index (χ1) is 19.6. The van der Waals surface area contributed by atoms with Gasteiger partial charge < -0.3 is 20.2 Å². The predicted octanol–water partition coefficient (Wildman–Crippen LogP) is 3.31. The number of aliphatic carboxylic acids is 1. The summed E-state index contributed by atoms with van der Waals surface area (Å²) in [5, 5.41) is 23.3. The molecule has 0 bridgehead atoms. The molecular weight excluding hydrogens is 535 g/mol. The number of hydrogen-bond acceptors (Lipinski definition) is 6. The van der Waals surface area contributed by atoms with Gasteiger partial charge in [-0.3, -0.25) is 29.3 Å². The van der Waals surface area contributed by atoms with Gasteiger partial charge in [0.2, 0.25) is 5.91 Å². The lowest BCUT2D eigenvalue weighted by molar-refractivity contribution is -0.384. The molecule has 2 unspecified atom stereocenters. The van der Waals surface area contributed by atoms with Gasteiger partial charge in [-0.1, -0.05) is 42.5 Å². The van der Waals surface area contributed by atoms with Crippen molar-refractivity contribution in [3.8, 4) is 0 Å².